The number of carbonyl (C=O) groups excluding carboxylic acids is 5. The molecular formula is C18H27N3O11. The number of hydrogen-bond acceptors (Lipinski definition) is 11. The summed E-state index contributed by atoms with van der Waals surface area (Å²) in [6.07, 6.45) is -5.92. The maximum Gasteiger partial charge on any atom is 0.321 e. The van der Waals surface area contributed by atoms with Gasteiger partial charge in [0, 0.05) is 27.7 Å². The smallest absolute Gasteiger partial charge is 0.321 e. The van der Waals surface area contributed by atoms with E-state index in [9.17, 15) is 33.9 Å². The molecule has 32 heavy (non-hydrogen) atoms. The van der Waals surface area contributed by atoms with Crippen molar-refractivity contribution in [3.63, 3.8) is 0 Å². The SMILES string of the molecule is CC(=O)N[C@@H]1[C@@H](OC(C)=O)[C@H](OC(C)=O)[C@@H](COC(C)=O)O[C@H]1NC(CC(N)=O)C(=O)O. The molecule has 1 rings (SSSR count). The molecule has 1 unspecified atom stereocenters. The van der Waals surface area contributed by atoms with Gasteiger partial charge in [0.1, 0.15) is 31.0 Å². The lowest BCUT2D eigenvalue weighted by Crippen LogP contribution is -2.70. The zero-order valence-corrected chi connectivity index (χ0v) is 18.0. The molecular weight excluding hydrogens is 434 g/mol. The second kappa shape index (κ2) is 12.0. The molecule has 2 amide bonds. The van der Waals surface area contributed by atoms with Crippen LogP contribution in [0.3, 0.4) is 0 Å². The third-order valence-electron chi connectivity index (χ3n) is 4.19. The lowest BCUT2D eigenvalue weighted by molar-refractivity contribution is -0.229. The maximum absolute atomic E-state index is 11.8. The van der Waals surface area contributed by atoms with Crippen LogP contribution in [0.25, 0.3) is 0 Å². The molecule has 6 atom stereocenters. The van der Waals surface area contributed by atoms with Gasteiger partial charge in [-0.05, 0) is 0 Å². The molecule has 0 saturated carbocycles. The highest BCUT2D eigenvalue weighted by atomic mass is 16.6. The molecule has 1 saturated heterocycles. The fourth-order valence-corrected chi connectivity index (χ4v) is 3.09. The Morgan fingerprint density at radius 2 is 1.53 bits per heavy atom. The Morgan fingerprint density at radius 1 is 0.969 bits per heavy atom. The molecule has 0 aromatic heterocycles. The van der Waals surface area contributed by atoms with Gasteiger partial charge >= 0.3 is 23.9 Å². The number of primary amides is 1. The molecule has 1 heterocycles. The summed E-state index contributed by atoms with van der Waals surface area (Å²) in [5.74, 6) is -5.26. The van der Waals surface area contributed by atoms with Crippen molar-refractivity contribution in [1.29, 1.82) is 0 Å². The van der Waals surface area contributed by atoms with Gasteiger partial charge in [0.2, 0.25) is 11.8 Å². The molecule has 0 aromatic rings. The summed E-state index contributed by atoms with van der Waals surface area (Å²) in [4.78, 5) is 69.3. The number of carboxylic acid groups (broad SMARTS) is 1. The third kappa shape index (κ3) is 8.47. The second-order valence-corrected chi connectivity index (χ2v) is 7.00. The average molecular weight is 461 g/mol. The third-order valence-corrected chi connectivity index (χ3v) is 4.19. The fraction of sp³-hybridized carbons (Fsp3) is 0.667. The number of esters is 3. The average Bonchev–Trinajstić information content (AvgIpc) is 2.62. The quantitative estimate of drug-likeness (QED) is 0.197. The van der Waals surface area contributed by atoms with Gasteiger partial charge in [0.05, 0.1) is 6.42 Å². The molecule has 0 aliphatic carbocycles. The normalized spacial score (nSPS) is 25.7. The van der Waals surface area contributed by atoms with Gasteiger partial charge in [-0.15, -0.1) is 0 Å². The van der Waals surface area contributed by atoms with Crippen molar-refractivity contribution in [2.45, 2.75) is 70.7 Å². The highest BCUT2D eigenvalue weighted by molar-refractivity contribution is 5.83. The van der Waals surface area contributed by atoms with Crippen molar-refractivity contribution in [1.82, 2.24) is 10.6 Å². The van der Waals surface area contributed by atoms with Crippen molar-refractivity contribution in [3.8, 4) is 0 Å². The van der Waals surface area contributed by atoms with E-state index in [-0.39, 0.29) is 0 Å². The van der Waals surface area contributed by atoms with Gasteiger partial charge in [-0.25, -0.2) is 0 Å². The summed E-state index contributed by atoms with van der Waals surface area (Å²) in [7, 11) is 0. The number of carboxylic acids is 1. The predicted molar refractivity (Wildman–Crippen MR) is 102 cm³/mol. The molecule has 14 heteroatoms. The van der Waals surface area contributed by atoms with E-state index < -0.39 is 85.3 Å². The zero-order valence-electron chi connectivity index (χ0n) is 18.0. The van der Waals surface area contributed by atoms with Crippen LogP contribution in [-0.2, 0) is 47.7 Å². The summed E-state index contributed by atoms with van der Waals surface area (Å²) in [6.45, 7) is 3.96. The zero-order chi connectivity index (χ0) is 24.6. The molecule has 5 N–H and O–H groups in total. The van der Waals surface area contributed by atoms with Crippen LogP contribution in [0.15, 0.2) is 0 Å². The molecule has 0 aromatic carbocycles. The fourth-order valence-electron chi connectivity index (χ4n) is 3.09. The topological polar surface area (TPSA) is 210 Å². The highest BCUT2D eigenvalue weighted by Gasteiger charge is 2.51. The molecule has 0 radical (unpaired) electrons. The minimum atomic E-state index is -1.54. The molecule has 1 aliphatic heterocycles. The summed E-state index contributed by atoms with van der Waals surface area (Å²) >= 11 is 0. The van der Waals surface area contributed by atoms with E-state index in [2.05, 4.69) is 10.6 Å². The number of carbonyl (C=O) groups is 6. The minimum Gasteiger partial charge on any atom is -0.480 e. The Bertz CT molecular complexity index is 756. The van der Waals surface area contributed by atoms with Gasteiger partial charge in [0.25, 0.3) is 0 Å². The first kappa shape index (κ1) is 26.8. The standard InChI is InChI=1S/C18H27N3O11/c1-7(22)20-14-16(31-10(4)25)15(30-9(3)24)12(6-29-8(2)23)32-17(14)21-11(18(27)28)5-13(19)26/h11-12,14-17,21H,5-6H2,1-4H3,(H2,19,26)(H,20,22)(H,27,28)/t11?,12-,14-,15-,16-,17-/m1/s1. The van der Waals surface area contributed by atoms with Gasteiger partial charge in [-0.1, -0.05) is 0 Å². The highest BCUT2D eigenvalue weighted by Crippen LogP contribution is 2.27. The largest absolute Gasteiger partial charge is 0.480 e. The molecule has 0 spiro atoms. The van der Waals surface area contributed by atoms with E-state index in [0.717, 1.165) is 27.7 Å². The first-order valence-corrected chi connectivity index (χ1v) is 9.49. The van der Waals surface area contributed by atoms with Crippen LogP contribution in [0.2, 0.25) is 0 Å². The van der Waals surface area contributed by atoms with E-state index in [1.54, 1.807) is 0 Å². The van der Waals surface area contributed by atoms with Crippen LogP contribution in [0.5, 0.6) is 0 Å². The van der Waals surface area contributed by atoms with Gasteiger partial charge < -0.3 is 35.1 Å². The number of aliphatic carboxylic acids is 1. The number of nitrogens with one attached hydrogen (secondary N) is 2. The summed E-state index contributed by atoms with van der Waals surface area (Å²) < 4.78 is 21.2. The molecule has 14 nitrogen and oxygen atoms in total. The lowest BCUT2D eigenvalue weighted by atomic mass is 9.94. The van der Waals surface area contributed by atoms with E-state index in [1.807, 2.05) is 0 Å². The Kier molecular flexibility index (Phi) is 10.00. The van der Waals surface area contributed by atoms with Gasteiger partial charge in [-0.3, -0.25) is 34.1 Å². The molecule has 1 fully saturated rings. The van der Waals surface area contributed by atoms with Crippen LogP contribution in [0, 0.1) is 0 Å². The van der Waals surface area contributed by atoms with Crippen LogP contribution in [0.1, 0.15) is 34.1 Å². The summed E-state index contributed by atoms with van der Waals surface area (Å²) in [6, 6.07) is -2.80. The molecule has 1 aliphatic rings. The van der Waals surface area contributed by atoms with Gasteiger partial charge in [-0.2, -0.15) is 0 Å². The van der Waals surface area contributed by atoms with E-state index in [4.69, 9.17) is 24.7 Å². The van der Waals surface area contributed by atoms with Crippen molar-refractivity contribution < 1.29 is 52.8 Å². The number of ether oxygens (including phenoxy) is 4. The van der Waals surface area contributed by atoms with Crippen LogP contribution in [0.4, 0.5) is 0 Å². The lowest BCUT2D eigenvalue weighted by Gasteiger charge is -2.46. The predicted octanol–water partition coefficient (Wildman–Crippen LogP) is -2.44. The Morgan fingerprint density at radius 3 is 1.97 bits per heavy atom. The van der Waals surface area contributed by atoms with Crippen LogP contribution in [-0.4, -0.2) is 84.0 Å². The summed E-state index contributed by atoms with van der Waals surface area (Å²) in [5, 5.41) is 14.4. The van der Waals surface area contributed by atoms with Gasteiger partial charge in [0.15, 0.2) is 12.2 Å². The van der Waals surface area contributed by atoms with E-state index in [0.29, 0.717) is 0 Å². The monoisotopic (exact) mass is 461 g/mol. The number of rotatable bonds is 10. The Hall–Kier alpha value is -3.26. The molecule has 180 valence electrons. The minimum absolute atomic E-state index is 0.455. The van der Waals surface area contributed by atoms with Crippen LogP contribution >= 0.6 is 0 Å². The van der Waals surface area contributed by atoms with E-state index in [1.165, 1.54) is 0 Å². The van der Waals surface area contributed by atoms with Crippen molar-refractivity contribution in [2.75, 3.05) is 6.61 Å². The van der Waals surface area contributed by atoms with Crippen molar-refractivity contribution in [3.05, 3.63) is 0 Å². The maximum atomic E-state index is 11.8. The first-order chi connectivity index (χ1) is 14.8. The van der Waals surface area contributed by atoms with Crippen molar-refractivity contribution in [2.24, 2.45) is 5.73 Å². The van der Waals surface area contributed by atoms with Crippen molar-refractivity contribution >= 4 is 35.7 Å². The van der Waals surface area contributed by atoms with Crippen LogP contribution < -0.4 is 16.4 Å². The second-order valence-electron chi connectivity index (χ2n) is 7.00. The number of hydrogen-bond donors (Lipinski definition) is 4. The summed E-state index contributed by atoms with van der Waals surface area (Å²) in [5.41, 5.74) is 5.09. The number of amides is 2. The van der Waals surface area contributed by atoms with E-state index >= 15 is 0 Å². The number of nitrogens with two attached hydrogens (primary N) is 1. The Balaban J connectivity index is 3.41. The molecule has 0 bridgehead atoms. The first-order valence-electron chi connectivity index (χ1n) is 9.49. The Labute approximate surface area is 183 Å².